The Morgan fingerprint density at radius 2 is 1.92 bits per heavy atom. The van der Waals surface area contributed by atoms with Crippen LogP contribution in [0, 0.1) is 0 Å². The molecule has 0 N–H and O–H groups in total. The summed E-state index contributed by atoms with van der Waals surface area (Å²) >= 11 is 0. The molecule has 0 aromatic heterocycles. The molecule has 74 valence electrons. The summed E-state index contributed by atoms with van der Waals surface area (Å²) in [7, 11) is 5.61. The van der Waals surface area contributed by atoms with Gasteiger partial charge in [-0.1, -0.05) is 0 Å². The Morgan fingerprint density at radius 1 is 1.50 bits per heavy atom. The van der Waals surface area contributed by atoms with Gasteiger partial charge in [-0.25, -0.2) is 9.18 Å². The van der Waals surface area contributed by atoms with E-state index in [-0.39, 0.29) is 23.2 Å². The van der Waals surface area contributed by atoms with Crippen LogP contribution >= 0.6 is 0 Å². The third kappa shape index (κ3) is 5.49. The summed E-state index contributed by atoms with van der Waals surface area (Å²) in [5.41, 5.74) is 0. The number of quaternary nitrogens is 1. The van der Waals surface area contributed by atoms with Crippen LogP contribution in [0.5, 0.6) is 0 Å². The number of rotatable bonds is 3. The zero-order valence-electron chi connectivity index (χ0n) is 7.80. The van der Waals surface area contributed by atoms with E-state index in [2.05, 4.69) is 0 Å². The molecule has 0 aliphatic rings. The minimum atomic E-state index is -1.05. The van der Waals surface area contributed by atoms with E-state index in [1.807, 2.05) is 21.1 Å². The Bertz CT molecular complexity index is 147. The first-order valence-corrected chi connectivity index (χ1v) is 3.44. The van der Waals surface area contributed by atoms with E-state index in [4.69, 9.17) is 4.74 Å². The largest absolute Gasteiger partial charge is 1.00 e. The molecular formula is C7H15BrFNO2. The standard InChI is InChI=1S/C7H15FNO2.BrH/c1-6(9(2,3)4)11-7(10)5-8;/h6H,5H2,1-4H3;1H/q+1;/p-1. The first kappa shape index (κ1) is 14.4. The first-order valence-electron chi connectivity index (χ1n) is 3.44. The van der Waals surface area contributed by atoms with Gasteiger partial charge in [-0.05, 0) is 0 Å². The summed E-state index contributed by atoms with van der Waals surface area (Å²) in [4.78, 5) is 10.5. The molecule has 1 atom stereocenters. The molecule has 0 heterocycles. The number of ether oxygens (including phenoxy) is 1. The van der Waals surface area contributed by atoms with Crippen LogP contribution in [-0.2, 0) is 9.53 Å². The third-order valence-corrected chi connectivity index (χ3v) is 1.50. The van der Waals surface area contributed by atoms with Crippen LogP contribution in [-0.4, -0.2) is 44.5 Å². The average molecular weight is 244 g/mol. The van der Waals surface area contributed by atoms with E-state index in [0.29, 0.717) is 4.48 Å². The molecular weight excluding hydrogens is 229 g/mol. The SMILES string of the molecule is CC(OC(=O)CF)[N+](C)(C)C.[Br-]. The maximum absolute atomic E-state index is 11.7. The number of hydrogen-bond donors (Lipinski definition) is 0. The molecule has 0 bridgehead atoms. The molecule has 1 unspecified atom stereocenters. The highest BCUT2D eigenvalue weighted by Crippen LogP contribution is 2.03. The quantitative estimate of drug-likeness (QED) is 0.313. The molecule has 12 heavy (non-hydrogen) atoms. The Labute approximate surface area is 82.9 Å². The topological polar surface area (TPSA) is 26.3 Å². The van der Waals surface area contributed by atoms with E-state index in [1.54, 1.807) is 6.92 Å². The van der Waals surface area contributed by atoms with Crippen molar-refractivity contribution in [3.05, 3.63) is 0 Å². The number of alkyl halides is 1. The van der Waals surface area contributed by atoms with Crippen LogP contribution in [0.1, 0.15) is 6.92 Å². The second kappa shape index (κ2) is 5.48. The number of nitrogens with zero attached hydrogens (tertiary/aromatic N) is 1. The maximum Gasteiger partial charge on any atom is 0.342 e. The van der Waals surface area contributed by atoms with E-state index >= 15 is 0 Å². The number of halogens is 2. The summed E-state index contributed by atoms with van der Waals surface area (Å²) in [6.45, 7) is 0.678. The van der Waals surface area contributed by atoms with Crippen molar-refractivity contribution in [1.29, 1.82) is 0 Å². The summed E-state index contributed by atoms with van der Waals surface area (Å²) in [6, 6.07) is 0. The maximum atomic E-state index is 11.7. The normalized spacial score (nSPS) is 13.1. The fourth-order valence-electron chi connectivity index (χ4n) is 0.380. The second-order valence-electron chi connectivity index (χ2n) is 3.34. The zero-order valence-corrected chi connectivity index (χ0v) is 9.39. The molecule has 0 radical (unpaired) electrons. The van der Waals surface area contributed by atoms with Gasteiger partial charge in [0.25, 0.3) is 0 Å². The van der Waals surface area contributed by atoms with Crippen LogP contribution in [0.15, 0.2) is 0 Å². The molecule has 0 aromatic rings. The van der Waals surface area contributed by atoms with Crippen LogP contribution < -0.4 is 17.0 Å². The lowest BCUT2D eigenvalue weighted by Gasteiger charge is -2.30. The molecule has 0 aromatic carbocycles. The Morgan fingerprint density at radius 3 is 2.17 bits per heavy atom. The van der Waals surface area contributed by atoms with Crippen LogP contribution in [0.3, 0.4) is 0 Å². The zero-order chi connectivity index (χ0) is 9.07. The van der Waals surface area contributed by atoms with Gasteiger partial charge in [0, 0.05) is 6.92 Å². The first-order chi connectivity index (χ1) is 4.88. The minimum Gasteiger partial charge on any atom is -1.00 e. The van der Waals surface area contributed by atoms with Crippen molar-refractivity contribution in [3.8, 4) is 0 Å². The lowest BCUT2D eigenvalue weighted by atomic mass is 10.5. The molecule has 0 amide bonds. The lowest BCUT2D eigenvalue weighted by Crippen LogP contribution is -3.00. The van der Waals surface area contributed by atoms with Crippen molar-refractivity contribution < 1.29 is 35.4 Å². The highest BCUT2D eigenvalue weighted by molar-refractivity contribution is 5.70. The Kier molecular flexibility index (Phi) is 6.56. The van der Waals surface area contributed by atoms with Gasteiger partial charge in [0.05, 0.1) is 21.1 Å². The number of carbonyl (C=O) groups is 1. The van der Waals surface area contributed by atoms with E-state index < -0.39 is 12.6 Å². The molecule has 3 nitrogen and oxygen atoms in total. The van der Waals surface area contributed by atoms with Gasteiger partial charge in [0.15, 0.2) is 6.67 Å². The molecule has 0 saturated carbocycles. The Hall–Kier alpha value is -0.160. The summed E-state index contributed by atoms with van der Waals surface area (Å²) in [5, 5.41) is 0. The molecule has 0 saturated heterocycles. The average Bonchev–Trinajstić information content (AvgIpc) is 1.85. The van der Waals surface area contributed by atoms with Crippen molar-refractivity contribution in [2.45, 2.75) is 13.2 Å². The van der Waals surface area contributed by atoms with Gasteiger partial charge >= 0.3 is 5.97 Å². The number of carbonyl (C=O) groups excluding carboxylic acids is 1. The highest BCUT2D eigenvalue weighted by atomic mass is 79.9. The van der Waals surface area contributed by atoms with Crippen LogP contribution in [0.25, 0.3) is 0 Å². The minimum absolute atomic E-state index is 0. The van der Waals surface area contributed by atoms with Gasteiger partial charge in [-0.3, -0.25) is 4.48 Å². The van der Waals surface area contributed by atoms with Crippen LogP contribution in [0.2, 0.25) is 0 Å². The second-order valence-corrected chi connectivity index (χ2v) is 3.34. The molecule has 0 aliphatic heterocycles. The molecule has 0 fully saturated rings. The van der Waals surface area contributed by atoms with Crippen molar-refractivity contribution in [2.24, 2.45) is 0 Å². The number of hydrogen-bond acceptors (Lipinski definition) is 2. The summed E-state index contributed by atoms with van der Waals surface area (Å²) in [5.74, 6) is -0.800. The monoisotopic (exact) mass is 243 g/mol. The van der Waals surface area contributed by atoms with Gasteiger partial charge in [-0.2, -0.15) is 0 Å². The van der Waals surface area contributed by atoms with Crippen molar-refractivity contribution in [3.63, 3.8) is 0 Å². The smallest absolute Gasteiger partial charge is 0.342 e. The fourth-order valence-corrected chi connectivity index (χ4v) is 0.380. The van der Waals surface area contributed by atoms with E-state index in [9.17, 15) is 9.18 Å². The van der Waals surface area contributed by atoms with E-state index in [0.717, 1.165) is 0 Å². The van der Waals surface area contributed by atoms with Crippen molar-refractivity contribution >= 4 is 5.97 Å². The molecule has 0 spiro atoms. The van der Waals surface area contributed by atoms with Gasteiger partial charge in [-0.15, -0.1) is 0 Å². The predicted octanol–water partition coefficient (Wildman–Crippen LogP) is -2.44. The number of esters is 1. The fraction of sp³-hybridized carbons (Fsp3) is 0.857. The van der Waals surface area contributed by atoms with Gasteiger partial charge in [0.1, 0.15) is 0 Å². The summed E-state index contributed by atoms with van der Waals surface area (Å²) in [6.07, 6.45) is -0.307. The Balaban J connectivity index is 0. The van der Waals surface area contributed by atoms with Crippen molar-refractivity contribution in [2.75, 3.05) is 27.8 Å². The van der Waals surface area contributed by atoms with E-state index in [1.165, 1.54) is 0 Å². The van der Waals surface area contributed by atoms with Crippen molar-refractivity contribution in [1.82, 2.24) is 0 Å². The lowest BCUT2D eigenvalue weighted by molar-refractivity contribution is -0.914. The molecule has 0 rings (SSSR count). The molecule has 0 aliphatic carbocycles. The highest BCUT2D eigenvalue weighted by Gasteiger charge is 2.21. The summed E-state index contributed by atoms with van der Waals surface area (Å²) < 4.78 is 16.9. The predicted molar refractivity (Wildman–Crippen MR) is 39.6 cm³/mol. The third-order valence-electron chi connectivity index (χ3n) is 1.50. The molecule has 5 heteroatoms. The van der Waals surface area contributed by atoms with Crippen LogP contribution in [0.4, 0.5) is 4.39 Å². The van der Waals surface area contributed by atoms with Gasteiger partial charge in [0.2, 0.25) is 6.23 Å². The van der Waals surface area contributed by atoms with Gasteiger partial charge < -0.3 is 21.7 Å².